The second kappa shape index (κ2) is 8.32. The summed E-state index contributed by atoms with van der Waals surface area (Å²) in [5, 5.41) is 20.0. The van der Waals surface area contributed by atoms with Crippen molar-refractivity contribution in [3.05, 3.63) is 41.0 Å². The zero-order valence-corrected chi connectivity index (χ0v) is 19.0. The van der Waals surface area contributed by atoms with Gasteiger partial charge in [0.1, 0.15) is 11.9 Å². The number of aromatic nitrogens is 2. The van der Waals surface area contributed by atoms with Crippen LogP contribution in [0.1, 0.15) is 42.9 Å². The molecule has 5 rings (SSSR count). The zero-order chi connectivity index (χ0) is 23.2. The average Bonchev–Trinajstić information content (AvgIpc) is 3.21. The number of rotatable bonds is 5. The lowest BCUT2D eigenvalue weighted by Crippen LogP contribution is -2.43. The van der Waals surface area contributed by atoms with E-state index in [2.05, 4.69) is 33.3 Å². The molecule has 0 spiro atoms. The highest BCUT2D eigenvalue weighted by atomic mass is 16.3. The molecule has 3 N–H and O–H groups in total. The first-order valence-electron chi connectivity index (χ1n) is 11.7. The van der Waals surface area contributed by atoms with E-state index in [9.17, 15) is 15.2 Å². The Morgan fingerprint density at radius 2 is 2.00 bits per heavy atom. The minimum absolute atomic E-state index is 0.0627. The van der Waals surface area contributed by atoms with E-state index in [1.54, 1.807) is 0 Å². The number of carbonyl (C=O) groups excluding carboxylic acids is 1. The fourth-order valence-electron chi connectivity index (χ4n) is 5.30. The van der Waals surface area contributed by atoms with Gasteiger partial charge in [0.15, 0.2) is 5.65 Å². The monoisotopic (exact) mass is 446 g/mol. The van der Waals surface area contributed by atoms with Gasteiger partial charge in [-0.3, -0.25) is 14.1 Å². The van der Waals surface area contributed by atoms with E-state index >= 15 is 0 Å². The molecule has 1 fully saturated rings. The van der Waals surface area contributed by atoms with Crippen molar-refractivity contribution >= 4 is 28.4 Å². The molecule has 2 aliphatic heterocycles. The van der Waals surface area contributed by atoms with Crippen molar-refractivity contribution in [3.8, 4) is 6.07 Å². The highest BCUT2D eigenvalue weighted by Gasteiger charge is 2.34. The summed E-state index contributed by atoms with van der Waals surface area (Å²) in [7, 11) is 0. The van der Waals surface area contributed by atoms with Crippen molar-refractivity contribution in [2.24, 2.45) is 11.1 Å². The zero-order valence-electron chi connectivity index (χ0n) is 19.0. The number of hydrogen-bond donors (Lipinski definition) is 2. The number of para-hydroxylation sites is 2. The van der Waals surface area contributed by atoms with Gasteiger partial charge in [0.2, 0.25) is 5.91 Å². The molecule has 0 unspecified atom stereocenters. The molecule has 33 heavy (non-hydrogen) atoms. The van der Waals surface area contributed by atoms with E-state index in [0.717, 1.165) is 66.9 Å². The lowest BCUT2D eigenvalue weighted by atomic mass is 9.81. The van der Waals surface area contributed by atoms with Gasteiger partial charge in [0.05, 0.1) is 16.6 Å². The number of pyridine rings is 1. The van der Waals surface area contributed by atoms with Gasteiger partial charge in [-0.15, -0.1) is 0 Å². The van der Waals surface area contributed by atoms with E-state index in [1.165, 1.54) is 0 Å². The molecule has 1 aromatic carbocycles. The Labute approximate surface area is 193 Å². The second-order valence-corrected chi connectivity index (χ2v) is 9.73. The van der Waals surface area contributed by atoms with E-state index in [-0.39, 0.29) is 17.9 Å². The summed E-state index contributed by atoms with van der Waals surface area (Å²) in [6, 6.07) is 10.5. The van der Waals surface area contributed by atoms with E-state index < -0.39 is 0 Å². The smallest absolute Gasteiger partial charge is 0.218 e. The van der Waals surface area contributed by atoms with Crippen LogP contribution in [0.15, 0.2) is 24.3 Å². The highest BCUT2D eigenvalue weighted by Crippen LogP contribution is 2.39. The van der Waals surface area contributed by atoms with Gasteiger partial charge in [0, 0.05) is 51.3 Å². The van der Waals surface area contributed by atoms with Crippen LogP contribution in [-0.4, -0.2) is 58.1 Å². The first-order valence-corrected chi connectivity index (χ1v) is 11.7. The van der Waals surface area contributed by atoms with Crippen molar-refractivity contribution in [3.63, 3.8) is 0 Å². The highest BCUT2D eigenvalue weighted by molar-refractivity contribution is 5.86. The number of hydrogen-bond acceptors (Lipinski definition) is 6. The Kier molecular flexibility index (Phi) is 5.47. The molecule has 172 valence electrons. The molecule has 0 aliphatic carbocycles. The van der Waals surface area contributed by atoms with E-state index in [1.807, 2.05) is 18.2 Å². The molecular weight excluding hydrogens is 416 g/mol. The first-order chi connectivity index (χ1) is 15.9. The Hall–Kier alpha value is -3.15. The third-order valence-corrected chi connectivity index (χ3v) is 7.43. The number of nitrogens with zero attached hydrogens (tertiary/aromatic N) is 5. The van der Waals surface area contributed by atoms with E-state index in [0.29, 0.717) is 30.7 Å². The lowest BCUT2D eigenvalue weighted by molar-refractivity contribution is -0.118. The van der Waals surface area contributed by atoms with Gasteiger partial charge in [-0.25, -0.2) is 4.98 Å². The number of nitriles is 1. The van der Waals surface area contributed by atoms with Gasteiger partial charge < -0.3 is 15.7 Å². The molecule has 1 amide bonds. The minimum Gasteiger partial charge on any atom is -0.396 e. The molecule has 0 radical (unpaired) electrons. The normalized spacial score (nSPS) is 18.4. The number of nitrogens with two attached hydrogens (primary N) is 1. The molecule has 0 atom stereocenters. The van der Waals surface area contributed by atoms with Crippen molar-refractivity contribution in [1.82, 2.24) is 14.3 Å². The number of carbonyl (C=O) groups is 1. The maximum Gasteiger partial charge on any atom is 0.218 e. The molecular formula is C25H30N6O2. The molecule has 4 heterocycles. The number of piperidine rings is 1. The molecule has 2 aromatic heterocycles. The van der Waals surface area contributed by atoms with Crippen LogP contribution in [0.4, 0.5) is 5.82 Å². The van der Waals surface area contributed by atoms with Crippen molar-refractivity contribution in [2.45, 2.75) is 39.2 Å². The summed E-state index contributed by atoms with van der Waals surface area (Å²) in [6.07, 6.45) is 2.87. The fourth-order valence-corrected chi connectivity index (χ4v) is 5.30. The SMILES string of the molecule is CC1(CO)CCN(c2c3c(c(C#N)c4nc5ccccc5n24)CCN(CCC(N)=O)C3)CC1. The molecule has 8 nitrogen and oxygen atoms in total. The Morgan fingerprint density at radius 1 is 1.24 bits per heavy atom. The van der Waals surface area contributed by atoms with Crippen LogP contribution in [0, 0.1) is 16.7 Å². The van der Waals surface area contributed by atoms with Crippen LogP contribution in [0.3, 0.4) is 0 Å². The second-order valence-electron chi connectivity index (χ2n) is 9.73. The quantitative estimate of drug-likeness (QED) is 0.622. The summed E-state index contributed by atoms with van der Waals surface area (Å²) in [5.41, 5.74) is 10.8. The number of primary amides is 1. The third-order valence-electron chi connectivity index (χ3n) is 7.43. The minimum atomic E-state index is -0.297. The number of aliphatic hydroxyl groups excluding tert-OH is 1. The average molecular weight is 447 g/mol. The number of fused-ring (bicyclic) bond motifs is 4. The van der Waals surface area contributed by atoms with Crippen LogP contribution < -0.4 is 10.6 Å². The van der Waals surface area contributed by atoms with Crippen LogP contribution in [0.2, 0.25) is 0 Å². The summed E-state index contributed by atoms with van der Waals surface area (Å²) in [5.74, 6) is 0.797. The van der Waals surface area contributed by atoms with Crippen molar-refractivity contribution < 1.29 is 9.90 Å². The van der Waals surface area contributed by atoms with Crippen molar-refractivity contribution in [1.29, 1.82) is 5.26 Å². The molecule has 0 bridgehead atoms. The molecule has 0 saturated carbocycles. The standard InChI is InChI=1S/C25H30N6O2/c1-25(16-32)8-12-30(13-9-25)24-19-15-29(11-7-22(27)33)10-6-17(19)18(14-26)23-28-20-4-2-3-5-21(20)31(23)24/h2-5,32H,6-13,15-16H2,1H3,(H2,27,33). The van der Waals surface area contributed by atoms with E-state index in [4.69, 9.17) is 10.7 Å². The van der Waals surface area contributed by atoms with Crippen LogP contribution in [0.5, 0.6) is 0 Å². The van der Waals surface area contributed by atoms with Crippen LogP contribution >= 0.6 is 0 Å². The van der Waals surface area contributed by atoms with Gasteiger partial charge in [-0.2, -0.15) is 5.26 Å². The lowest BCUT2D eigenvalue weighted by Gasteiger charge is -2.41. The summed E-state index contributed by atoms with van der Waals surface area (Å²) in [6.45, 7) is 6.07. The van der Waals surface area contributed by atoms with Gasteiger partial charge in [-0.1, -0.05) is 19.1 Å². The summed E-state index contributed by atoms with van der Waals surface area (Å²) in [4.78, 5) is 20.9. The Bertz CT molecular complexity index is 1270. The van der Waals surface area contributed by atoms with Gasteiger partial charge in [-0.05, 0) is 42.4 Å². The maximum atomic E-state index is 11.4. The van der Waals surface area contributed by atoms with Crippen molar-refractivity contribution in [2.75, 3.05) is 37.7 Å². The number of aliphatic hydroxyl groups is 1. The van der Waals surface area contributed by atoms with Gasteiger partial charge in [0.25, 0.3) is 0 Å². The molecule has 1 saturated heterocycles. The molecule has 2 aliphatic rings. The number of imidazole rings is 1. The topological polar surface area (TPSA) is 111 Å². The number of anilines is 1. The largest absolute Gasteiger partial charge is 0.396 e. The first kappa shape index (κ1) is 21.7. The van der Waals surface area contributed by atoms with Crippen LogP contribution in [-0.2, 0) is 17.8 Å². The molecule has 3 aromatic rings. The number of amides is 1. The third kappa shape index (κ3) is 3.71. The molecule has 8 heteroatoms. The summed E-state index contributed by atoms with van der Waals surface area (Å²) < 4.78 is 2.16. The Morgan fingerprint density at radius 3 is 2.70 bits per heavy atom. The number of benzene rings is 1. The Balaban J connectivity index is 1.70. The summed E-state index contributed by atoms with van der Waals surface area (Å²) >= 11 is 0. The predicted molar refractivity (Wildman–Crippen MR) is 127 cm³/mol. The van der Waals surface area contributed by atoms with Crippen LogP contribution in [0.25, 0.3) is 16.7 Å². The fraction of sp³-hybridized carbons (Fsp3) is 0.480. The maximum absolute atomic E-state index is 11.4. The predicted octanol–water partition coefficient (Wildman–Crippen LogP) is 2.19. The van der Waals surface area contributed by atoms with Gasteiger partial charge >= 0.3 is 0 Å².